The largest absolute Gasteiger partial charge is 0.480 e. The molecule has 0 aliphatic carbocycles. The number of carboxylic acids is 4. The third kappa shape index (κ3) is 6.75. The molecule has 366 valence electrons. The van der Waals surface area contributed by atoms with Crippen LogP contribution in [0.15, 0.2) is 60.7 Å². The molecule has 4 aromatic carbocycles. The molecule has 4 aromatic rings. The summed E-state index contributed by atoms with van der Waals surface area (Å²) in [5.41, 5.74) is -23.2. The molecule has 0 saturated heterocycles. The third-order valence-electron chi connectivity index (χ3n) is 10.5. The van der Waals surface area contributed by atoms with Gasteiger partial charge in [-0.2, -0.15) is 43.9 Å². The summed E-state index contributed by atoms with van der Waals surface area (Å²) in [6, 6.07) is 3.66. The van der Waals surface area contributed by atoms with Crippen LogP contribution in [0.5, 0.6) is 11.5 Å². The Kier molecular flexibility index (Phi) is 11.9. The van der Waals surface area contributed by atoms with E-state index in [9.17, 15) is 68.4 Å². The van der Waals surface area contributed by atoms with Crippen molar-refractivity contribution in [3.05, 3.63) is 128 Å². The average Bonchev–Trinajstić information content (AvgIpc) is 3.73. The lowest BCUT2D eigenvalue weighted by atomic mass is 9.54. The first kappa shape index (κ1) is 50.6. The Morgan fingerprint density at radius 2 is 0.843 bits per heavy atom. The highest BCUT2D eigenvalue weighted by Crippen LogP contribution is 2.65. The first-order valence-corrected chi connectivity index (χ1v) is 17.9. The van der Waals surface area contributed by atoms with E-state index in [0.29, 0.717) is 24.3 Å². The number of benzene rings is 4. The van der Waals surface area contributed by atoms with Gasteiger partial charge >= 0.3 is 83.4 Å². The molecule has 70 heavy (non-hydrogen) atoms. The number of rotatable bonds is 15. The number of alkyl halides is 8. The average molecular weight is 1010 g/mol. The van der Waals surface area contributed by atoms with Crippen LogP contribution < -0.4 is 9.47 Å². The van der Waals surface area contributed by atoms with Crippen molar-refractivity contribution in [3.63, 3.8) is 0 Å². The fourth-order valence-corrected chi connectivity index (χ4v) is 7.07. The van der Waals surface area contributed by atoms with Gasteiger partial charge in [-0.15, -0.1) is 0 Å². The van der Waals surface area contributed by atoms with Crippen molar-refractivity contribution in [2.24, 2.45) is 5.41 Å². The first-order chi connectivity index (χ1) is 32.2. The van der Waals surface area contributed by atoms with Crippen LogP contribution >= 0.6 is 0 Å². The molecule has 0 amide bonds. The standard InChI is InChI=1S/C40H14F12O18/c41-20-19(21(42)23(44)24(22(20)43)68-26(54)12-2-8-16-18(10-12)30(58)70-28(16)56)37(45,46)39(49,50)40(51,52)38(47,48)36(33(63)64,34(65)66)35(31(59)60,32(61)62)13-3-5-14(6-4-13)67-25(53)11-1-7-15-17(9-11)29(57)69-27(15)55/h1-10H,(H,59,60)(H,61,62)(H,63,64)(H,65,66). The normalized spacial score (nSPS) is 14.1. The van der Waals surface area contributed by atoms with Crippen molar-refractivity contribution in [1.29, 1.82) is 0 Å². The van der Waals surface area contributed by atoms with Crippen LogP contribution in [0, 0.1) is 28.7 Å². The smallest absolute Gasteiger partial charge is 0.382 e. The molecule has 0 spiro atoms. The Balaban J connectivity index is 1.43. The van der Waals surface area contributed by atoms with Gasteiger partial charge in [0.15, 0.2) is 11.6 Å². The van der Waals surface area contributed by atoms with E-state index in [2.05, 4.69) is 14.2 Å². The van der Waals surface area contributed by atoms with Gasteiger partial charge in [0, 0.05) is 0 Å². The molecule has 0 fully saturated rings. The molecular formula is C40H14F12O18. The Morgan fingerprint density at radius 3 is 1.23 bits per heavy atom. The van der Waals surface area contributed by atoms with Crippen LogP contribution in [0.3, 0.4) is 0 Å². The Morgan fingerprint density at radius 1 is 0.457 bits per heavy atom. The van der Waals surface area contributed by atoms with Gasteiger partial charge in [0.25, 0.3) is 5.41 Å². The number of hydrogen-bond donors (Lipinski definition) is 4. The molecular weight excluding hydrogens is 996 g/mol. The van der Waals surface area contributed by atoms with Crippen molar-refractivity contribution in [2.45, 2.75) is 29.1 Å². The highest BCUT2D eigenvalue weighted by molar-refractivity contribution is 6.19. The van der Waals surface area contributed by atoms with Crippen LogP contribution in [0.2, 0.25) is 0 Å². The van der Waals surface area contributed by atoms with E-state index >= 15 is 52.7 Å². The van der Waals surface area contributed by atoms with Crippen LogP contribution in [0.4, 0.5) is 52.7 Å². The number of ether oxygens (including phenoxy) is 4. The van der Waals surface area contributed by atoms with E-state index in [1.807, 2.05) is 0 Å². The summed E-state index contributed by atoms with van der Waals surface area (Å²) < 4.78 is 206. The summed E-state index contributed by atoms with van der Waals surface area (Å²) in [7, 11) is 0. The predicted octanol–water partition coefficient (Wildman–Crippen LogP) is 5.56. The minimum absolute atomic E-state index is 0.103. The van der Waals surface area contributed by atoms with Gasteiger partial charge < -0.3 is 39.4 Å². The van der Waals surface area contributed by atoms with E-state index in [1.54, 1.807) is 0 Å². The van der Waals surface area contributed by atoms with Gasteiger partial charge in [-0.05, 0) is 54.1 Å². The second-order valence-corrected chi connectivity index (χ2v) is 14.2. The van der Waals surface area contributed by atoms with E-state index < -0.39 is 168 Å². The van der Waals surface area contributed by atoms with Gasteiger partial charge in [0.2, 0.25) is 22.8 Å². The zero-order valence-electron chi connectivity index (χ0n) is 32.8. The first-order valence-electron chi connectivity index (χ1n) is 17.9. The van der Waals surface area contributed by atoms with Crippen molar-refractivity contribution >= 4 is 59.7 Å². The van der Waals surface area contributed by atoms with Crippen LogP contribution in [0.1, 0.15) is 73.3 Å². The topological polar surface area (TPSA) is 289 Å². The molecule has 0 aromatic heterocycles. The second kappa shape index (κ2) is 16.4. The summed E-state index contributed by atoms with van der Waals surface area (Å²) in [6.07, 6.45) is 0. The molecule has 6 rings (SSSR count). The molecule has 2 aliphatic heterocycles. The number of hydrogen-bond acceptors (Lipinski definition) is 14. The van der Waals surface area contributed by atoms with Gasteiger partial charge in [0.05, 0.1) is 33.4 Å². The van der Waals surface area contributed by atoms with E-state index in [1.165, 1.54) is 0 Å². The SMILES string of the molecule is O=C(Oc1ccc(C(C(=O)O)(C(=O)O)C(C(=O)O)(C(=O)O)C(F)(F)C(F)(F)C(F)(F)C(F)(F)c2c(F)c(F)c(OC(=O)c3ccc4c(c3)C(=O)OC4=O)c(F)c2F)cc1)c1ccc2c(c1)C(=O)OC2=O. The van der Waals surface area contributed by atoms with E-state index in [-0.39, 0.29) is 29.8 Å². The maximum atomic E-state index is 16.5. The van der Waals surface area contributed by atoms with Crippen LogP contribution in [-0.2, 0) is 40.0 Å². The quantitative estimate of drug-likeness (QED) is 0.0372. The molecule has 2 aliphatic rings. The number of carboxylic acid groups (broad SMARTS) is 4. The molecule has 0 bridgehead atoms. The number of carbonyl (C=O) groups is 10. The van der Waals surface area contributed by atoms with Gasteiger partial charge in [-0.25, -0.2) is 37.5 Å². The summed E-state index contributed by atoms with van der Waals surface area (Å²) in [5.74, 6) is -77.5. The molecule has 0 atom stereocenters. The second-order valence-electron chi connectivity index (χ2n) is 14.2. The molecule has 0 saturated carbocycles. The highest BCUT2D eigenvalue weighted by Gasteiger charge is 2.94. The lowest BCUT2D eigenvalue weighted by molar-refractivity contribution is -0.389. The monoisotopic (exact) mass is 1010 g/mol. The number of cyclic esters (lactones) is 4. The number of halogens is 12. The molecule has 2 heterocycles. The fourth-order valence-electron chi connectivity index (χ4n) is 7.07. The number of carbonyl (C=O) groups excluding carboxylic acids is 6. The maximum Gasteiger partial charge on any atom is 0.382 e. The van der Waals surface area contributed by atoms with Crippen LogP contribution in [-0.4, -0.2) is 97.9 Å². The summed E-state index contributed by atoms with van der Waals surface area (Å²) >= 11 is 0. The lowest BCUT2D eigenvalue weighted by Crippen LogP contribution is -2.77. The number of esters is 6. The number of fused-ring (bicyclic) bond motifs is 2. The molecule has 0 radical (unpaired) electrons. The highest BCUT2D eigenvalue weighted by atomic mass is 19.4. The van der Waals surface area contributed by atoms with Gasteiger partial charge in [-0.3, -0.25) is 19.2 Å². The molecule has 4 N–H and O–H groups in total. The predicted molar refractivity (Wildman–Crippen MR) is 188 cm³/mol. The van der Waals surface area contributed by atoms with Crippen molar-refractivity contribution in [3.8, 4) is 11.5 Å². The Labute approximate surface area is 374 Å². The van der Waals surface area contributed by atoms with Gasteiger partial charge in [0.1, 0.15) is 11.3 Å². The molecule has 18 nitrogen and oxygen atoms in total. The minimum atomic E-state index is -8.67. The summed E-state index contributed by atoms with van der Waals surface area (Å²) in [4.78, 5) is 123. The fraction of sp³-hybridized carbons (Fsp3) is 0.150. The van der Waals surface area contributed by atoms with Crippen molar-refractivity contribution < 1.29 is 140 Å². The minimum Gasteiger partial charge on any atom is -0.480 e. The van der Waals surface area contributed by atoms with E-state index in [0.717, 1.165) is 12.1 Å². The lowest BCUT2D eigenvalue weighted by Gasteiger charge is -2.47. The summed E-state index contributed by atoms with van der Waals surface area (Å²) in [5, 5.41) is 40.0. The van der Waals surface area contributed by atoms with Crippen molar-refractivity contribution in [1.82, 2.24) is 0 Å². The number of aliphatic carboxylic acids is 4. The molecule has 30 heteroatoms. The maximum absolute atomic E-state index is 16.5. The Bertz CT molecular complexity index is 3040. The summed E-state index contributed by atoms with van der Waals surface area (Å²) in [6.45, 7) is 0. The Hall–Kier alpha value is -8.86. The van der Waals surface area contributed by atoms with Gasteiger partial charge in [-0.1, -0.05) is 12.1 Å². The van der Waals surface area contributed by atoms with Crippen molar-refractivity contribution in [2.75, 3.05) is 0 Å². The van der Waals surface area contributed by atoms with Crippen LogP contribution in [0.25, 0.3) is 0 Å². The zero-order chi connectivity index (χ0) is 52.8. The third-order valence-corrected chi connectivity index (χ3v) is 10.5. The van der Waals surface area contributed by atoms with E-state index in [4.69, 9.17) is 4.74 Å². The zero-order valence-corrected chi connectivity index (χ0v) is 32.8. The molecule has 0 unspecified atom stereocenters.